The van der Waals surface area contributed by atoms with Crippen LogP contribution in [0.3, 0.4) is 0 Å². The van der Waals surface area contributed by atoms with Crippen LogP contribution in [0.15, 0.2) is 79.6 Å². The third-order valence-electron chi connectivity index (χ3n) is 4.13. The summed E-state index contributed by atoms with van der Waals surface area (Å²) in [6, 6.07) is 16.3. The average Bonchev–Trinajstić information content (AvgIpc) is 3.06. The zero-order valence-electron chi connectivity index (χ0n) is 14.1. The highest BCUT2D eigenvalue weighted by atomic mass is 19.1. The van der Waals surface area contributed by atoms with Gasteiger partial charge in [0, 0.05) is 30.1 Å². The molecule has 0 saturated carbocycles. The van der Waals surface area contributed by atoms with Crippen LogP contribution in [0, 0.1) is 5.82 Å². The summed E-state index contributed by atoms with van der Waals surface area (Å²) in [5, 5.41) is 7.92. The van der Waals surface area contributed by atoms with Gasteiger partial charge in [0.05, 0.1) is 5.52 Å². The number of aromatic nitrogens is 3. The highest BCUT2D eigenvalue weighted by molar-refractivity contribution is 5.92. The Hall–Kier alpha value is -3.47. The second-order valence-electron chi connectivity index (χ2n) is 5.86. The molecule has 0 radical (unpaired) electrons. The van der Waals surface area contributed by atoms with Crippen molar-refractivity contribution in [2.75, 3.05) is 11.9 Å². The molecule has 0 saturated heterocycles. The van der Waals surface area contributed by atoms with Crippen molar-refractivity contribution in [3.8, 4) is 22.4 Å². The van der Waals surface area contributed by atoms with Crippen LogP contribution in [0.2, 0.25) is 0 Å². The van der Waals surface area contributed by atoms with Gasteiger partial charge in [-0.2, -0.15) is 5.10 Å². The number of nitrogens with zero attached hydrogens (tertiary/aromatic N) is 3. The molecule has 0 fully saturated rings. The van der Waals surface area contributed by atoms with E-state index in [1.165, 1.54) is 12.1 Å². The van der Waals surface area contributed by atoms with Gasteiger partial charge in [-0.3, -0.25) is 0 Å². The maximum absolute atomic E-state index is 13.4. The van der Waals surface area contributed by atoms with Crippen LogP contribution in [0.1, 0.15) is 0 Å². The molecule has 0 aliphatic heterocycles. The number of fused-ring (bicyclic) bond motifs is 1. The molecule has 0 aliphatic rings. The fraction of sp³-hybridized carbons (Fsp3) is 0.0476. The number of rotatable bonds is 5. The molecular weight excluding hydrogens is 327 g/mol. The second kappa shape index (κ2) is 6.80. The van der Waals surface area contributed by atoms with E-state index in [2.05, 4.69) is 16.9 Å². The molecule has 1 aromatic carbocycles. The molecule has 0 aliphatic carbocycles. The van der Waals surface area contributed by atoms with Gasteiger partial charge in [-0.15, -0.1) is 6.58 Å². The van der Waals surface area contributed by atoms with E-state index < -0.39 is 0 Å². The predicted molar refractivity (Wildman–Crippen MR) is 103 cm³/mol. The van der Waals surface area contributed by atoms with Gasteiger partial charge in [-0.05, 0) is 54.1 Å². The van der Waals surface area contributed by atoms with Gasteiger partial charge in [0.15, 0.2) is 0 Å². The van der Waals surface area contributed by atoms with Gasteiger partial charge in [-0.1, -0.05) is 12.1 Å². The summed E-state index contributed by atoms with van der Waals surface area (Å²) in [6.07, 6.45) is 5.46. The molecule has 0 spiro atoms. The van der Waals surface area contributed by atoms with Crippen molar-refractivity contribution in [1.82, 2.24) is 14.6 Å². The van der Waals surface area contributed by atoms with Crippen molar-refractivity contribution in [2.24, 2.45) is 0 Å². The Bertz CT molecular complexity index is 1070. The Morgan fingerprint density at radius 2 is 1.92 bits per heavy atom. The molecule has 3 aromatic heterocycles. The minimum absolute atomic E-state index is 0.265. The van der Waals surface area contributed by atoms with E-state index in [9.17, 15) is 4.39 Å². The Morgan fingerprint density at radius 3 is 2.73 bits per heavy atom. The number of nitrogens with one attached hydrogen (secondary N) is 1. The largest absolute Gasteiger partial charge is 0.367 e. The van der Waals surface area contributed by atoms with E-state index in [4.69, 9.17) is 5.10 Å². The van der Waals surface area contributed by atoms with Crippen molar-refractivity contribution >= 4 is 11.3 Å². The monoisotopic (exact) mass is 344 g/mol. The first-order chi connectivity index (χ1) is 12.8. The first kappa shape index (κ1) is 16.0. The Labute approximate surface area is 150 Å². The fourth-order valence-electron chi connectivity index (χ4n) is 2.95. The van der Waals surface area contributed by atoms with E-state index in [0.29, 0.717) is 6.54 Å². The maximum Gasteiger partial charge on any atom is 0.126 e. The van der Waals surface area contributed by atoms with Crippen molar-refractivity contribution < 1.29 is 4.39 Å². The quantitative estimate of drug-likeness (QED) is 0.529. The molecule has 0 amide bonds. The van der Waals surface area contributed by atoms with Crippen molar-refractivity contribution in [3.05, 3.63) is 85.5 Å². The summed E-state index contributed by atoms with van der Waals surface area (Å²) in [6.45, 7) is 4.35. The van der Waals surface area contributed by atoms with E-state index in [1.54, 1.807) is 24.4 Å². The van der Waals surface area contributed by atoms with Crippen molar-refractivity contribution in [1.29, 1.82) is 0 Å². The first-order valence-electron chi connectivity index (χ1n) is 8.31. The molecule has 1 N–H and O–H groups in total. The minimum atomic E-state index is -0.265. The van der Waals surface area contributed by atoms with Crippen LogP contribution in [0.5, 0.6) is 0 Å². The third-order valence-corrected chi connectivity index (χ3v) is 4.13. The van der Waals surface area contributed by atoms with Gasteiger partial charge >= 0.3 is 0 Å². The summed E-state index contributed by atoms with van der Waals surface area (Å²) < 4.78 is 15.2. The smallest absolute Gasteiger partial charge is 0.126 e. The number of halogens is 1. The number of benzene rings is 1. The topological polar surface area (TPSA) is 42.2 Å². The van der Waals surface area contributed by atoms with Gasteiger partial charge < -0.3 is 5.32 Å². The lowest BCUT2D eigenvalue weighted by Gasteiger charge is -2.07. The summed E-state index contributed by atoms with van der Waals surface area (Å²) in [7, 11) is 0. The highest BCUT2D eigenvalue weighted by Crippen LogP contribution is 2.35. The molecule has 5 heteroatoms. The van der Waals surface area contributed by atoms with Crippen LogP contribution in [0.25, 0.3) is 27.9 Å². The maximum atomic E-state index is 13.4. The van der Waals surface area contributed by atoms with E-state index in [-0.39, 0.29) is 5.82 Å². The molecule has 0 unspecified atom stereocenters. The molecule has 0 bridgehead atoms. The lowest BCUT2D eigenvalue weighted by atomic mass is 10.0. The van der Waals surface area contributed by atoms with Gasteiger partial charge in [0.2, 0.25) is 0 Å². The van der Waals surface area contributed by atoms with E-state index >= 15 is 0 Å². The number of anilines is 1. The number of pyridine rings is 2. The van der Waals surface area contributed by atoms with E-state index in [1.807, 2.05) is 41.0 Å². The van der Waals surface area contributed by atoms with Gasteiger partial charge in [0.1, 0.15) is 17.3 Å². The molecule has 4 rings (SSSR count). The molecule has 4 aromatic rings. The zero-order chi connectivity index (χ0) is 17.9. The lowest BCUT2D eigenvalue weighted by molar-refractivity contribution is 0.628. The number of hydrogen-bond donors (Lipinski definition) is 1. The molecule has 4 nitrogen and oxygen atoms in total. The molecule has 3 heterocycles. The van der Waals surface area contributed by atoms with Gasteiger partial charge in [0.25, 0.3) is 0 Å². The summed E-state index contributed by atoms with van der Waals surface area (Å²) in [5.74, 6) is 0.502. The fourth-order valence-corrected chi connectivity index (χ4v) is 2.95. The average molecular weight is 344 g/mol. The van der Waals surface area contributed by atoms with Crippen molar-refractivity contribution in [2.45, 2.75) is 0 Å². The van der Waals surface area contributed by atoms with Gasteiger partial charge in [-0.25, -0.2) is 13.9 Å². The standard InChI is InChI=1S/C21H17FN4/c1-2-11-23-19-14-16(10-12-24-19)20-18-5-3-4-13-26(18)25-21(20)15-6-8-17(22)9-7-15/h2-10,12-14H,1,11H2,(H,23,24). The van der Waals surface area contributed by atoms with E-state index in [0.717, 1.165) is 33.7 Å². The summed E-state index contributed by atoms with van der Waals surface area (Å²) in [5.41, 5.74) is 4.63. The first-order valence-corrected chi connectivity index (χ1v) is 8.31. The normalized spacial score (nSPS) is 10.8. The van der Waals surface area contributed by atoms with Crippen LogP contribution >= 0.6 is 0 Å². The molecular formula is C21H17FN4. The second-order valence-corrected chi connectivity index (χ2v) is 5.86. The Balaban J connectivity index is 1.92. The minimum Gasteiger partial charge on any atom is -0.367 e. The van der Waals surface area contributed by atoms with Crippen LogP contribution < -0.4 is 5.32 Å². The molecule has 0 atom stereocenters. The van der Waals surface area contributed by atoms with Crippen LogP contribution in [-0.4, -0.2) is 21.1 Å². The third kappa shape index (κ3) is 2.95. The SMILES string of the molecule is C=CCNc1cc(-c2c(-c3ccc(F)cc3)nn3ccccc23)ccn1. The van der Waals surface area contributed by atoms with Crippen molar-refractivity contribution in [3.63, 3.8) is 0 Å². The number of hydrogen-bond acceptors (Lipinski definition) is 3. The summed E-state index contributed by atoms with van der Waals surface area (Å²) in [4.78, 5) is 4.35. The Morgan fingerprint density at radius 1 is 1.08 bits per heavy atom. The molecule has 26 heavy (non-hydrogen) atoms. The molecule has 128 valence electrons. The van der Waals surface area contributed by atoms with Crippen LogP contribution in [-0.2, 0) is 0 Å². The predicted octanol–water partition coefficient (Wildman–Crippen LogP) is 4.80. The zero-order valence-corrected chi connectivity index (χ0v) is 14.1. The van der Waals surface area contributed by atoms with Crippen LogP contribution in [0.4, 0.5) is 10.2 Å². The summed E-state index contributed by atoms with van der Waals surface area (Å²) >= 11 is 0. The lowest BCUT2D eigenvalue weighted by Crippen LogP contribution is -1.99. The Kier molecular flexibility index (Phi) is 4.19. The highest BCUT2D eigenvalue weighted by Gasteiger charge is 2.16.